The summed E-state index contributed by atoms with van der Waals surface area (Å²) in [6, 6.07) is 4.07. The molecule has 1 aromatic carbocycles. The van der Waals surface area contributed by atoms with E-state index in [9.17, 15) is 4.79 Å². The number of hydrogen-bond acceptors (Lipinski definition) is 4. The molecule has 1 heterocycles. The van der Waals surface area contributed by atoms with Crippen LogP contribution in [0, 0.1) is 0 Å². The summed E-state index contributed by atoms with van der Waals surface area (Å²) in [6.07, 6.45) is 2.28. The molecule has 0 aromatic heterocycles. The van der Waals surface area contributed by atoms with E-state index in [4.69, 9.17) is 9.47 Å². The van der Waals surface area contributed by atoms with Gasteiger partial charge in [-0.25, -0.2) is 0 Å². The average Bonchev–Trinajstić information content (AvgIpc) is 2.73. The highest BCUT2D eigenvalue weighted by molar-refractivity contribution is 5.85. The summed E-state index contributed by atoms with van der Waals surface area (Å²) in [6.45, 7) is 2.26. The Kier molecular flexibility index (Phi) is 7.48. The number of nitrogens with zero attached hydrogens (tertiary/aromatic N) is 1. The minimum atomic E-state index is 0. The Morgan fingerprint density at radius 3 is 2.05 bits per heavy atom. The number of halogens is 1. The third-order valence-corrected chi connectivity index (χ3v) is 3.95. The maximum Gasteiger partial charge on any atom is 0.223 e. The molecular formula is C16H25ClN2O3. The van der Waals surface area contributed by atoms with Gasteiger partial charge < -0.3 is 19.7 Å². The summed E-state index contributed by atoms with van der Waals surface area (Å²) in [5.41, 5.74) is 2.49. The number of amides is 1. The Balaban J connectivity index is 0.00000242. The molecule has 0 unspecified atom stereocenters. The van der Waals surface area contributed by atoms with Crippen LogP contribution in [0.3, 0.4) is 0 Å². The Morgan fingerprint density at radius 2 is 1.64 bits per heavy atom. The van der Waals surface area contributed by atoms with E-state index >= 15 is 0 Å². The molecule has 22 heavy (non-hydrogen) atoms. The fourth-order valence-corrected chi connectivity index (χ4v) is 2.69. The molecule has 1 aliphatic heterocycles. The number of carbonyl (C=O) groups excluding carboxylic acids is 1. The number of rotatable bonds is 5. The van der Waals surface area contributed by atoms with E-state index in [2.05, 4.69) is 5.32 Å². The molecule has 124 valence electrons. The van der Waals surface area contributed by atoms with Gasteiger partial charge in [0, 0.05) is 26.1 Å². The van der Waals surface area contributed by atoms with Crippen LogP contribution in [0.15, 0.2) is 12.1 Å². The molecule has 5 nitrogen and oxygen atoms in total. The van der Waals surface area contributed by atoms with Gasteiger partial charge in [0.1, 0.15) is 0 Å². The number of fused-ring (bicyclic) bond motifs is 1. The van der Waals surface area contributed by atoms with Gasteiger partial charge in [-0.3, -0.25) is 4.79 Å². The van der Waals surface area contributed by atoms with E-state index < -0.39 is 0 Å². The van der Waals surface area contributed by atoms with Crippen molar-refractivity contribution in [2.75, 3.05) is 40.9 Å². The molecule has 0 bridgehead atoms. The summed E-state index contributed by atoms with van der Waals surface area (Å²) in [4.78, 5) is 14.1. The van der Waals surface area contributed by atoms with Crippen LogP contribution in [-0.2, 0) is 17.6 Å². The number of nitrogens with one attached hydrogen (secondary N) is 1. The summed E-state index contributed by atoms with van der Waals surface area (Å²) < 4.78 is 10.7. The van der Waals surface area contributed by atoms with Crippen molar-refractivity contribution in [1.29, 1.82) is 0 Å². The lowest BCUT2D eigenvalue weighted by Gasteiger charge is -2.20. The lowest BCUT2D eigenvalue weighted by atomic mass is 10.0. The first-order valence-electron chi connectivity index (χ1n) is 7.35. The van der Waals surface area contributed by atoms with Crippen LogP contribution in [0.2, 0.25) is 0 Å². The zero-order valence-electron chi connectivity index (χ0n) is 13.5. The summed E-state index contributed by atoms with van der Waals surface area (Å²) >= 11 is 0. The smallest absolute Gasteiger partial charge is 0.223 e. The highest BCUT2D eigenvalue weighted by Crippen LogP contribution is 2.32. The van der Waals surface area contributed by atoms with E-state index in [1.807, 2.05) is 24.1 Å². The van der Waals surface area contributed by atoms with Crippen molar-refractivity contribution in [3.8, 4) is 11.5 Å². The zero-order chi connectivity index (χ0) is 15.2. The highest BCUT2D eigenvalue weighted by atomic mass is 35.5. The Morgan fingerprint density at radius 1 is 1.14 bits per heavy atom. The summed E-state index contributed by atoms with van der Waals surface area (Å²) in [5, 5.41) is 3.02. The molecule has 1 aromatic rings. The normalized spacial score (nSPS) is 13.7. The maximum atomic E-state index is 12.1. The molecule has 2 rings (SSSR count). The molecule has 0 radical (unpaired) electrons. The Labute approximate surface area is 138 Å². The summed E-state index contributed by atoms with van der Waals surface area (Å²) in [5.74, 6) is 1.73. The van der Waals surface area contributed by atoms with E-state index in [0.29, 0.717) is 6.42 Å². The van der Waals surface area contributed by atoms with Gasteiger partial charge in [0.2, 0.25) is 5.91 Å². The van der Waals surface area contributed by atoms with Crippen LogP contribution in [-0.4, -0.2) is 51.7 Å². The van der Waals surface area contributed by atoms with Crippen LogP contribution in [0.25, 0.3) is 0 Å². The molecule has 0 atom stereocenters. The predicted octanol–water partition coefficient (Wildman–Crippen LogP) is 1.66. The maximum absolute atomic E-state index is 12.1. The van der Waals surface area contributed by atoms with Crippen molar-refractivity contribution < 1.29 is 14.3 Å². The highest BCUT2D eigenvalue weighted by Gasteiger charge is 2.20. The number of carbonyl (C=O) groups is 1. The predicted molar refractivity (Wildman–Crippen MR) is 89.3 cm³/mol. The largest absolute Gasteiger partial charge is 0.493 e. The van der Waals surface area contributed by atoms with Crippen LogP contribution < -0.4 is 14.8 Å². The molecule has 1 N–H and O–H groups in total. The lowest BCUT2D eigenvalue weighted by molar-refractivity contribution is -0.130. The molecule has 0 aliphatic carbocycles. The van der Waals surface area contributed by atoms with Gasteiger partial charge >= 0.3 is 0 Å². The van der Waals surface area contributed by atoms with Gasteiger partial charge in [-0.1, -0.05) is 0 Å². The number of methoxy groups -OCH3 is 2. The van der Waals surface area contributed by atoms with E-state index in [-0.39, 0.29) is 18.3 Å². The standard InChI is InChI=1S/C16H24N2O3.ClH/c1-17-7-4-16(19)18-8-5-12-10-14(20-2)15(21-3)11-13(12)6-9-18;/h10-11,17H,4-9H2,1-3H3;1H. The second kappa shape index (κ2) is 8.86. The van der Waals surface area contributed by atoms with Gasteiger partial charge in [0.15, 0.2) is 11.5 Å². The molecular weight excluding hydrogens is 304 g/mol. The van der Waals surface area contributed by atoms with Crippen LogP contribution in [0.5, 0.6) is 11.5 Å². The minimum Gasteiger partial charge on any atom is -0.493 e. The Hall–Kier alpha value is -1.46. The minimum absolute atomic E-state index is 0. The lowest BCUT2D eigenvalue weighted by Crippen LogP contribution is -2.34. The zero-order valence-corrected chi connectivity index (χ0v) is 14.3. The van der Waals surface area contributed by atoms with E-state index in [1.54, 1.807) is 14.2 Å². The second-order valence-corrected chi connectivity index (χ2v) is 5.21. The quantitative estimate of drug-likeness (QED) is 0.893. The third kappa shape index (κ3) is 4.27. The first-order chi connectivity index (χ1) is 10.2. The van der Waals surface area contributed by atoms with Gasteiger partial charge in [-0.05, 0) is 43.1 Å². The van der Waals surface area contributed by atoms with Crippen LogP contribution >= 0.6 is 12.4 Å². The molecule has 0 saturated carbocycles. The second-order valence-electron chi connectivity index (χ2n) is 5.21. The first-order valence-corrected chi connectivity index (χ1v) is 7.35. The van der Waals surface area contributed by atoms with Crippen molar-refractivity contribution >= 4 is 18.3 Å². The molecule has 1 aliphatic rings. The van der Waals surface area contributed by atoms with Gasteiger partial charge in [-0.15, -0.1) is 12.4 Å². The molecule has 0 fully saturated rings. The number of ether oxygens (including phenoxy) is 2. The van der Waals surface area contributed by atoms with Crippen molar-refractivity contribution in [3.05, 3.63) is 23.3 Å². The first kappa shape index (κ1) is 18.6. The summed E-state index contributed by atoms with van der Waals surface area (Å²) in [7, 11) is 5.16. The van der Waals surface area contributed by atoms with Gasteiger partial charge in [0.05, 0.1) is 14.2 Å². The van der Waals surface area contributed by atoms with Crippen molar-refractivity contribution in [2.24, 2.45) is 0 Å². The van der Waals surface area contributed by atoms with Gasteiger partial charge in [-0.2, -0.15) is 0 Å². The topological polar surface area (TPSA) is 50.8 Å². The SMILES string of the molecule is CNCCC(=O)N1CCc2cc(OC)c(OC)cc2CC1.Cl. The van der Waals surface area contributed by atoms with Crippen molar-refractivity contribution in [2.45, 2.75) is 19.3 Å². The molecule has 6 heteroatoms. The van der Waals surface area contributed by atoms with Gasteiger partial charge in [0.25, 0.3) is 0 Å². The van der Waals surface area contributed by atoms with Crippen molar-refractivity contribution in [3.63, 3.8) is 0 Å². The third-order valence-electron chi connectivity index (χ3n) is 3.95. The fourth-order valence-electron chi connectivity index (χ4n) is 2.69. The fraction of sp³-hybridized carbons (Fsp3) is 0.562. The monoisotopic (exact) mass is 328 g/mol. The van der Waals surface area contributed by atoms with E-state index in [0.717, 1.165) is 44.0 Å². The average molecular weight is 329 g/mol. The van der Waals surface area contributed by atoms with Crippen LogP contribution in [0.4, 0.5) is 0 Å². The van der Waals surface area contributed by atoms with Crippen LogP contribution in [0.1, 0.15) is 17.5 Å². The van der Waals surface area contributed by atoms with Crippen molar-refractivity contribution in [1.82, 2.24) is 10.2 Å². The number of benzene rings is 1. The Bertz CT molecular complexity index is 473. The van der Waals surface area contributed by atoms with E-state index in [1.165, 1.54) is 11.1 Å². The number of hydrogen-bond donors (Lipinski definition) is 1. The molecule has 0 spiro atoms. The molecule has 1 amide bonds. The molecule has 0 saturated heterocycles.